The molecule has 0 spiro atoms. The van der Waals surface area contributed by atoms with Crippen LogP contribution < -0.4 is 16.4 Å². The first kappa shape index (κ1) is 36.9. The number of benzene rings is 1. The Morgan fingerprint density at radius 3 is 1.67 bits per heavy atom. The van der Waals surface area contributed by atoms with Crippen molar-refractivity contribution in [1.82, 2.24) is 10.6 Å². The molecule has 1 aromatic carbocycles. The van der Waals surface area contributed by atoms with Crippen LogP contribution in [0.15, 0.2) is 30.3 Å². The number of hydrogen-bond donors (Lipinski definition) is 4. The van der Waals surface area contributed by atoms with Crippen LogP contribution in [0.2, 0.25) is 0 Å². The topological polar surface area (TPSA) is 122 Å². The van der Waals surface area contributed by atoms with E-state index in [0.29, 0.717) is 6.54 Å². The van der Waals surface area contributed by atoms with Gasteiger partial charge in [0.15, 0.2) is 0 Å². The lowest BCUT2D eigenvalue weighted by Crippen LogP contribution is -2.46. The number of hydrogen-bond acceptors (Lipinski definition) is 4. The number of carboxylic acids is 1. The number of unbranched alkanes of at least 4 members (excludes halogenated alkanes) is 15. The molecule has 0 heterocycles. The number of nitrogens with two attached hydrogens (primary N) is 1. The number of aliphatic carboxylic acids is 1. The minimum absolute atomic E-state index is 0. The van der Waals surface area contributed by atoms with Crippen LogP contribution in [0.3, 0.4) is 0 Å². The highest BCUT2D eigenvalue weighted by Gasteiger charge is 2.26. The van der Waals surface area contributed by atoms with Gasteiger partial charge in [-0.05, 0) is 24.9 Å². The van der Waals surface area contributed by atoms with Crippen LogP contribution in [-0.4, -0.2) is 35.5 Å². The second-order valence-corrected chi connectivity index (χ2v) is 10.5. The lowest BCUT2D eigenvalue weighted by molar-refractivity contribution is -0.142. The first-order chi connectivity index (χ1) is 18.5. The van der Waals surface area contributed by atoms with Crippen LogP contribution in [0, 0.1) is 0 Å². The number of carboxylic acid groups (broad SMARTS) is 1. The summed E-state index contributed by atoms with van der Waals surface area (Å²) in [5.41, 5.74) is 5.92. The van der Waals surface area contributed by atoms with Crippen molar-refractivity contribution in [3.8, 4) is 0 Å². The van der Waals surface area contributed by atoms with E-state index < -0.39 is 29.9 Å². The first-order valence-electron chi connectivity index (χ1n) is 15.1. The predicted molar refractivity (Wildman–Crippen MR) is 162 cm³/mol. The van der Waals surface area contributed by atoms with Crippen molar-refractivity contribution in [3.63, 3.8) is 0 Å². The zero-order chi connectivity index (χ0) is 27.8. The zero-order valence-corrected chi connectivity index (χ0v) is 25.0. The Kier molecular flexibility index (Phi) is 23.5. The minimum atomic E-state index is -1.18. The van der Waals surface area contributed by atoms with Gasteiger partial charge in [0.05, 0.1) is 0 Å². The Bertz CT molecular complexity index is 763. The molecule has 39 heavy (non-hydrogen) atoms. The van der Waals surface area contributed by atoms with Gasteiger partial charge in [0, 0.05) is 6.42 Å². The minimum Gasteiger partial charge on any atom is -0.480 e. The summed E-state index contributed by atoms with van der Waals surface area (Å²) in [6.07, 6.45) is 20.8. The molecule has 1 rings (SSSR count). The van der Waals surface area contributed by atoms with Crippen LogP contribution in [0.25, 0.3) is 0 Å². The van der Waals surface area contributed by atoms with E-state index in [0.717, 1.165) is 18.4 Å². The Balaban J connectivity index is 0.0000144. The quantitative estimate of drug-likeness (QED) is 0.0964. The van der Waals surface area contributed by atoms with Crippen molar-refractivity contribution in [2.45, 2.75) is 135 Å². The summed E-state index contributed by atoms with van der Waals surface area (Å²) in [7, 11) is 0. The molecule has 8 heteroatoms. The average Bonchev–Trinajstić information content (AvgIpc) is 2.90. The van der Waals surface area contributed by atoms with Gasteiger partial charge in [-0.1, -0.05) is 134 Å². The molecular formula is C31H54ClN3O4. The normalized spacial score (nSPS) is 12.3. The van der Waals surface area contributed by atoms with Crippen LogP contribution in [-0.2, 0) is 14.4 Å². The molecule has 224 valence electrons. The number of carbonyl (C=O) groups excluding carboxylic acids is 2. The summed E-state index contributed by atoms with van der Waals surface area (Å²) < 4.78 is 0. The molecule has 0 aliphatic rings. The molecule has 0 fully saturated rings. The second-order valence-electron chi connectivity index (χ2n) is 10.5. The largest absolute Gasteiger partial charge is 0.480 e. The SMILES string of the molecule is CCCCCCCCCCCCCCCCCCN[C@@H](C(=O)N[C@@H](CCC(N)=O)C(=O)O)c1ccccc1.Cl. The number of nitrogens with one attached hydrogen (secondary N) is 2. The van der Waals surface area contributed by atoms with Crippen molar-refractivity contribution < 1.29 is 19.5 Å². The maximum atomic E-state index is 13.0. The zero-order valence-electron chi connectivity index (χ0n) is 24.1. The highest BCUT2D eigenvalue weighted by atomic mass is 35.5. The summed E-state index contributed by atoms with van der Waals surface area (Å²) in [5.74, 6) is -2.18. The fourth-order valence-corrected chi connectivity index (χ4v) is 4.73. The van der Waals surface area contributed by atoms with Crippen molar-refractivity contribution in [1.29, 1.82) is 0 Å². The lowest BCUT2D eigenvalue weighted by atomic mass is 10.0. The first-order valence-corrected chi connectivity index (χ1v) is 15.1. The van der Waals surface area contributed by atoms with Crippen LogP contribution in [0.1, 0.15) is 134 Å². The Hall–Kier alpha value is -2.12. The number of primary amides is 1. The van der Waals surface area contributed by atoms with Gasteiger partial charge < -0.3 is 21.5 Å². The monoisotopic (exact) mass is 567 g/mol. The molecule has 1 aromatic rings. The van der Waals surface area contributed by atoms with E-state index in [2.05, 4.69) is 17.6 Å². The number of rotatable bonds is 25. The van der Waals surface area contributed by atoms with E-state index in [9.17, 15) is 19.5 Å². The van der Waals surface area contributed by atoms with Gasteiger partial charge in [-0.15, -0.1) is 12.4 Å². The second kappa shape index (κ2) is 24.9. The molecule has 2 amide bonds. The van der Waals surface area contributed by atoms with E-state index in [1.807, 2.05) is 30.3 Å². The van der Waals surface area contributed by atoms with E-state index in [1.165, 1.54) is 89.9 Å². The van der Waals surface area contributed by atoms with Gasteiger partial charge in [-0.25, -0.2) is 4.79 Å². The molecule has 0 aromatic heterocycles. The summed E-state index contributed by atoms with van der Waals surface area (Å²) >= 11 is 0. The Morgan fingerprint density at radius 2 is 1.23 bits per heavy atom. The van der Waals surface area contributed by atoms with E-state index in [-0.39, 0.29) is 25.2 Å². The van der Waals surface area contributed by atoms with Gasteiger partial charge in [-0.3, -0.25) is 9.59 Å². The molecule has 0 unspecified atom stereocenters. The van der Waals surface area contributed by atoms with Crippen molar-refractivity contribution in [2.75, 3.05) is 6.54 Å². The summed E-state index contributed by atoms with van der Waals surface area (Å²) in [5, 5.41) is 15.3. The third-order valence-electron chi connectivity index (χ3n) is 7.07. The van der Waals surface area contributed by atoms with Crippen LogP contribution in [0.4, 0.5) is 0 Å². The number of carbonyl (C=O) groups is 3. The molecule has 7 nitrogen and oxygen atoms in total. The van der Waals surface area contributed by atoms with Gasteiger partial charge in [0.25, 0.3) is 0 Å². The van der Waals surface area contributed by atoms with Gasteiger partial charge in [0.2, 0.25) is 11.8 Å². The average molecular weight is 568 g/mol. The van der Waals surface area contributed by atoms with E-state index >= 15 is 0 Å². The highest BCUT2D eigenvalue weighted by Crippen LogP contribution is 2.16. The van der Waals surface area contributed by atoms with Gasteiger partial charge >= 0.3 is 5.97 Å². The van der Waals surface area contributed by atoms with Gasteiger partial charge in [0.1, 0.15) is 12.1 Å². The third-order valence-corrected chi connectivity index (χ3v) is 7.07. The summed E-state index contributed by atoms with van der Waals surface area (Å²) in [6, 6.07) is 7.48. The molecule has 2 atom stereocenters. The fraction of sp³-hybridized carbons (Fsp3) is 0.710. The molecule has 0 bridgehead atoms. The van der Waals surface area contributed by atoms with E-state index in [1.54, 1.807) is 0 Å². The molecule has 0 saturated carbocycles. The van der Waals surface area contributed by atoms with Crippen LogP contribution in [0.5, 0.6) is 0 Å². The number of amides is 2. The highest BCUT2D eigenvalue weighted by molar-refractivity contribution is 5.88. The maximum Gasteiger partial charge on any atom is 0.326 e. The standard InChI is InChI=1S/C31H53N3O4.ClH/c1-2-3-4-5-6-7-8-9-10-11-12-13-14-15-16-20-25-33-29(26-21-18-17-19-22-26)30(36)34-27(31(37)38)23-24-28(32)35;/h17-19,21-22,27,29,33H,2-16,20,23-25H2,1H3,(H2,32,35)(H,34,36)(H,37,38);1H/t27-,29+;/m0./s1. The smallest absolute Gasteiger partial charge is 0.326 e. The Labute approximate surface area is 242 Å². The predicted octanol–water partition coefficient (Wildman–Crippen LogP) is 6.84. The molecule has 0 aliphatic carbocycles. The number of halogens is 1. The maximum absolute atomic E-state index is 13.0. The molecule has 0 saturated heterocycles. The van der Waals surface area contributed by atoms with Crippen molar-refractivity contribution in [2.24, 2.45) is 5.73 Å². The fourth-order valence-electron chi connectivity index (χ4n) is 4.73. The summed E-state index contributed by atoms with van der Waals surface area (Å²) in [4.78, 5) is 35.6. The van der Waals surface area contributed by atoms with E-state index in [4.69, 9.17) is 5.73 Å². The summed E-state index contributed by atoms with van der Waals surface area (Å²) in [6.45, 7) is 2.94. The molecular weight excluding hydrogens is 514 g/mol. The Morgan fingerprint density at radius 1 is 0.769 bits per heavy atom. The molecule has 0 radical (unpaired) electrons. The molecule has 5 N–H and O–H groups in total. The van der Waals surface area contributed by atoms with Gasteiger partial charge in [-0.2, -0.15) is 0 Å². The third kappa shape index (κ3) is 19.6. The molecule has 0 aliphatic heterocycles. The van der Waals surface area contributed by atoms with Crippen molar-refractivity contribution >= 4 is 30.2 Å². The van der Waals surface area contributed by atoms with Crippen molar-refractivity contribution in [3.05, 3.63) is 35.9 Å². The van der Waals surface area contributed by atoms with Crippen LogP contribution >= 0.6 is 12.4 Å². The lowest BCUT2D eigenvalue weighted by Gasteiger charge is -2.22.